The zero-order chi connectivity index (χ0) is 15.4. The minimum absolute atomic E-state index is 0.0890. The van der Waals surface area contributed by atoms with Crippen molar-refractivity contribution in [3.05, 3.63) is 29.6 Å². The molecule has 0 bridgehead atoms. The van der Waals surface area contributed by atoms with E-state index in [0.29, 0.717) is 0 Å². The molecule has 2 aromatic heterocycles. The smallest absolute Gasteiger partial charge is 0.260 e. The first-order valence-electron chi connectivity index (χ1n) is 5.16. The number of aromatic nitrogens is 8. The molecule has 0 aliphatic heterocycles. The minimum Gasteiger partial charge on any atom is -0.366 e. The van der Waals surface area contributed by atoms with Crippen molar-refractivity contribution >= 4 is 11.9 Å². The summed E-state index contributed by atoms with van der Waals surface area (Å²) in [5.74, 6) is -4.19. The third-order valence-electron chi connectivity index (χ3n) is 2.07. The van der Waals surface area contributed by atoms with E-state index in [9.17, 15) is 13.2 Å². The van der Waals surface area contributed by atoms with Gasteiger partial charge in [0.15, 0.2) is 17.5 Å². The van der Waals surface area contributed by atoms with Gasteiger partial charge in [0, 0.05) is 12.1 Å². The molecule has 110 valence electrons. The number of rotatable bonds is 1. The van der Waals surface area contributed by atoms with Crippen molar-refractivity contribution in [3.63, 3.8) is 0 Å². The average Bonchev–Trinajstić information content (AvgIpc) is 3.07. The van der Waals surface area contributed by atoms with Crippen molar-refractivity contribution in [1.29, 1.82) is 0 Å². The molecule has 0 aliphatic carbocycles. The molecule has 13 heteroatoms. The Morgan fingerprint density at radius 3 is 2.10 bits per heavy atom. The predicted molar refractivity (Wildman–Crippen MR) is 62.0 cm³/mol. The molecule has 0 amide bonds. The van der Waals surface area contributed by atoms with Crippen LogP contribution in [0.25, 0.3) is 5.69 Å². The van der Waals surface area contributed by atoms with Crippen LogP contribution in [-0.4, -0.2) is 40.8 Å². The zero-order valence-electron chi connectivity index (χ0n) is 10.1. The van der Waals surface area contributed by atoms with Gasteiger partial charge >= 0.3 is 0 Å². The van der Waals surface area contributed by atoms with Gasteiger partial charge in [-0.25, -0.2) is 13.2 Å². The minimum atomic E-state index is -1.55. The Kier molecular flexibility index (Phi) is 3.92. The first-order chi connectivity index (χ1) is 9.99. The van der Waals surface area contributed by atoms with Crippen molar-refractivity contribution in [2.45, 2.75) is 0 Å². The molecule has 3 rings (SSSR count). The molecule has 10 nitrogen and oxygen atoms in total. The lowest BCUT2D eigenvalue weighted by atomic mass is 10.3. The summed E-state index contributed by atoms with van der Waals surface area (Å²) in [5.41, 5.74) is 10.2. The molecule has 0 aliphatic rings. The van der Waals surface area contributed by atoms with Gasteiger partial charge in [0.25, 0.3) is 5.95 Å². The van der Waals surface area contributed by atoms with Crippen LogP contribution in [0.15, 0.2) is 12.1 Å². The van der Waals surface area contributed by atoms with E-state index in [1.54, 1.807) is 0 Å². The summed E-state index contributed by atoms with van der Waals surface area (Å²) < 4.78 is 39.1. The Morgan fingerprint density at radius 2 is 1.71 bits per heavy atom. The summed E-state index contributed by atoms with van der Waals surface area (Å²) in [6, 6.07) is 1.48. The molecule has 0 unspecified atom stereocenters. The monoisotopic (exact) mass is 300 g/mol. The normalized spacial score (nSPS) is 10.0. The summed E-state index contributed by atoms with van der Waals surface area (Å²) in [6.07, 6.45) is 0. The van der Waals surface area contributed by atoms with Crippen molar-refractivity contribution in [3.8, 4) is 5.69 Å². The Bertz CT molecular complexity index is 701. The second-order valence-electron chi connectivity index (χ2n) is 3.44. The van der Waals surface area contributed by atoms with Crippen LogP contribution in [0, 0.1) is 17.5 Å². The predicted octanol–water partition coefficient (Wildman–Crippen LogP) is -0.556. The second-order valence-corrected chi connectivity index (χ2v) is 3.44. The fraction of sp³-hybridized carbons (Fsp3) is 0. The number of tetrazole rings is 2. The molecule has 0 saturated heterocycles. The topological polar surface area (TPSA) is 150 Å². The lowest BCUT2D eigenvalue weighted by molar-refractivity contribution is 0.446. The van der Waals surface area contributed by atoms with Crippen molar-refractivity contribution in [2.75, 3.05) is 11.5 Å². The van der Waals surface area contributed by atoms with Crippen LogP contribution in [0.3, 0.4) is 0 Å². The molecule has 3 aromatic rings. The van der Waals surface area contributed by atoms with Crippen molar-refractivity contribution < 1.29 is 13.2 Å². The molecule has 21 heavy (non-hydrogen) atoms. The van der Waals surface area contributed by atoms with E-state index in [0.717, 1.165) is 16.8 Å². The Morgan fingerprint density at radius 1 is 1.05 bits per heavy atom. The number of anilines is 2. The van der Waals surface area contributed by atoms with Crippen LogP contribution >= 0.6 is 0 Å². The largest absolute Gasteiger partial charge is 0.366 e. The SMILES string of the molecule is Nc1nn[nH]n1.Nc1nnnn1-c1cc(F)c(F)c(F)c1. The first-order valence-corrected chi connectivity index (χ1v) is 5.16. The summed E-state index contributed by atoms with van der Waals surface area (Å²) >= 11 is 0. The number of hydrogen-bond acceptors (Lipinski definition) is 8. The molecule has 0 fully saturated rings. The number of nitrogens with two attached hydrogens (primary N) is 2. The van der Waals surface area contributed by atoms with E-state index < -0.39 is 17.5 Å². The third-order valence-corrected chi connectivity index (χ3v) is 2.07. The van der Waals surface area contributed by atoms with E-state index in [1.165, 1.54) is 0 Å². The summed E-state index contributed by atoms with van der Waals surface area (Å²) in [4.78, 5) is 0. The van der Waals surface area contributed by atoms with Crippen LogP contribution in [0.4, 0.5) is 25.1 Å². The van der Waals surface area contributed by atoms with Gasteiger partial charge < -0.3 is 11.5 Å². The van der Waals surface area contributed by atoms with Gasteiger partial charge in [-0.2, -0.15) is 9.90 Å². The Labute approximate surface area is 113 Å². The van der Waals surface area contributed by atoms with E-state index in [2.05, 4.69) is 36.1 Å². The molecule has 0 atom stereocenters. The van der Waals surface area contributed by atoms with Gasteiger partial charge in [-0.05, 0) is 15.6 Å². The Balaban J connectivity index is 0.000000225. The molecular weight excluding hydrogens is 293 g/mol. The highest BCUT2D eigenvalue weighted by molar-refractivity contribution is 5.37. The van der Waals surface area contributed by atoms with Crippen molar-refractivity contribution in [2.24, 2.45) is 0 Å². The zero-order valence-corrected chi connectivity index (χ0v) is 10.1. The van der Waals surface area contributed by atoms with E-state index in [4.69, 9.17) is 11.5 Å². The number of halogens is 3. The fourth-order valence-electron chi connectivity index (χ4n) is 1.21. The standard InChI is InChI=1S/C7H4F3N5.CH3N5/c8-4-1-3(2-5(9)6(4)10)15-7(11)12-13-14-15;2-1-3-5-6-4-1/h1-2H,(H2,11,12,14);(H3,2,3,4,5,6). The number of aromatic amines is 1. The number of hydrogen-bond donors (Lipinski definition) is 3. The molecule has 0 saturated carbocycles. The van der Waals surface area contributed by atoms with E-state index in [1.807, 2.05) is 0 Å². The number of H-pyrrole nitrogens is 1. The number of benzene rings is 1. The maximum atomic E-state index is 12.8. The summed E-state index contributed by atoms with van der Waals surface area (Å²) in [6.45, 7) is 0. The average molecular weight is 300 g/mol. The highest BCUT2D eigenvalue weighted by Crippen LogP contribution is 2.17. The highest BCUT2D eigenvalue weighted by atomic mass is 19.2. The molecular formula is C8H7F3N10. The maximum absolute atomic E-state index is 12.8. The summed E-state index contributed by atoms with van der Waals surface area (Å²) in [7, 11) is 0. The van der Waals surface area contributed by atoms with Gasteiger partial charge in [0.05, 0.1) is 5.69 Å². The van der Waals surface area contributed by atoms with Gasteiger partial charge in [0.2, 0.25) is 5.95 Å². The number of nitrogens with zero attached hydrogens (tertiary/aromatic N) is 7. The molecule has 1 aromatic carbocycles. The lowest BCUT2D eigenvalue weighted by Gasteiger charge is -2.02. The molecule has 5 N–H and O–H groups in total. The van der Waals surface area contributed by atoms with Gasteiger partial charge in [-0.3, -0.25) is 0 Å². The Hall–Kier alpha value is -3.25. The molecule has 2 heterocycles. The quantitative estimate of drug-likeness (QED) is 0.506. The fourth-order valence-corrected chi connectivity index (χ4v) is 1.21. The third kappa shape index (κ3) is 3.20. The number of nitrogens with one attached hydrogen (secondary N) is 1. The summed E-state index contributed by atoms with van der Waals surface area (Å²) in [5, 5.41) is 21.9. The first kappa shape index (κ1) is 14.2. The highest BCUT2D eigenvalue weighted by Gasteiger charge is 2.13. The van der Waals surface area contributed by atoms with Crippen LogP contribution in [-0.2, 0) is 0 Å². The van der Waals surface area contributed by atoms with Crippen LogP contribution in [0.5, 0.6) is 0 Å². The van der Waals surface area contributed by atoms with Gasteiger partial charge in [0.1, 0.15) is 0 Å². The molecule has 0 radical (unpaired) electrons. The molecule has 0 spiro atoms. The van der Waals surface area contributed by atoms with E-state index in [-0.39, 0.29) is 17.6 Å². The maximum Gasteiger partial charge on any atom is 0.260 e. The number of nitrogen functional groups attached to an aromatic ring is 2. The lowest BCUT2D eigenvalue weighted by Crippen LogP contribution is -2.04. The van der Waals surface area contributed by atoms with E-state index >= 15 is 0 Å². The second kappa shape index (κ2) is 5.81. The van der Waals surface area contributed by atoms with Crippen LogP contribution in [0.1, 0.15) is 0 Å². The van der Waals surface area contributed by atoms with Crippen molar-refractivity contribution in [1.82, 2.24) is 40.8 Å². The van der Waals surface area contributed by atoms with Gasteiger partial charge in [-0.1, -0.05) is 10.2 Å². The van der Waals surface area contributed by atoms with Crippen LogP contribution in [0.2, 0.25) is 0 Å². The van der Waals surface area contributed by atoms with Crippen LogP contribution < -0.4 is 11.5 Å². The van der Waals surface area contributed by atoms with Gasteiger partial charge in [-0.15, -0.1) is 5.10 Å².